The highest BCUT2D eigenvalue weighted by atomic mass is 16.2. The van der Waals surface area contributed by atoms with Gasteiger partial charge >= 0.3 is 0 Å². The minimum absolute atomic E-state index is 0.114. The van der Waals surface area contributed by atoms with Gasteiger partial charge in [-0.1, -0.05) is 49.6 Å². The summed E-state index contributed by atoms with van der Waals surface area (Å²) in [4.78, 5) is 41.7. The van der Waals surface area contributed by atoms with Gasteiger partial charge in [-0.3, -0.25) is 19.7 Å². The van der Waals surface area contributed by atoms with Crippen LogP contribution in [0.15, 0.2) is 59.7 Å². The molecule has 0 radical (unpaired) electrons. The monoisotopic (exact) mass is 433 g/mol. The fourth-order valence-corrected chi connectivity index (χ4v) is 4.04. The van der Waals surface area contributed by atoms with Crippen molar-refractivity contribution < 1.29 is 9.59 Å². The average Bonchev–Trinajstić information content (AvgIpc) is 3.16. The van der Waals surface area contributed by atoms with Crippen LogP contribution in [0.3, 0.4) is 0 Å². The Labute approximate surface area is 186 Å². The molecule has 0 saturated heterocycles. The second-order valence-electron chi connectivity index (χ2n) is 8.13. The number of benzene rings is 1. The Balaban J connectivity index is 1.45. The number of aromatic nitrogens is 3. The third-order valence-electron chi connectivity index (χ3n) is 5.81. The summed E-state index contributed by atoms with van der Waals surface area (Å²) in [7, 11) is 1.82. The first-order valence-electron chi connectivity index (χ1n) is 10.9. The Bertz CT molecular complexity index is 1160. The van der Waals surface area contributed by atoms with E-state index < -0.39 is 5.91 Å². The Morgan fingerprint density at radius 2 is 1.81 bits per heavy atom. The highest BCUT2D eigenvalue weighted by molar-refractivity contribution is 6.03. The maximum Gasteiger partial charge on any atom is 0.259 e. The maximum absolute atomic E-state index is 12.8. The summed E-state index contributed by atoms with van der Waals surface area (Å²) in [6, 6.07) is 12.7. The molecule has 0 atom stereocenters. The third kappa shape index (κ3) is 4.96. The number of imidazole rings is 1. The van der Waals surface area contributed by atoms with Crippen molar-refractivity contribution >= 4 is 17.8 Å². The Kier molecular flexibility index (Phi) is 6.49. The lowest BCUT2D eigenvalue weighted by atomic mass is 9.95. The Hall–Kier alpha value is -3.68. The van der Waals surface area contributed by atoms with Crippen molar-refractivity contribution in [3.8, 4) is 11.3 Å². The van der Waals surface area contributed by atoms with Gasteiger partial charge in [0.25, 0.3) is 11.5 Å². The van der Waals surface area contributed by atoms with Gasteiger partial charge in [0.05, 0.1) is 17.5 Å². The van der Waals surface area contributed by atoms with Crippen molar-refractivity contribution in [2.24, 2.45) is 7.05 Å². The van der Waals surface area contributed by atoms with Gasteiger partial charge in [0.1, 0.15) is 6.54 Å². The Morgan fingerprint density at radius 1 is 1.06 bits per heavy atom. The van der Waals surface area contributed by atoms with Crippen molar-refractivity contribution in [2.75, 3.05) is 5.32 Å². The molecule has 8 nitrogen and oxygen atoms in total. The van der Waals surface area contributed by atoms with E-state index in [9.17, 15) is 14.4 Å². The van der Waals surface area contributed by atoms with Gasteiger partial charge in [0, 0.05) is 25.4 Å². The zero-order chi connectivity index (χ0) is 22.5. The molecule has 1 fully saturated rings. The lowest BCUT2D eigenvalue weighted by Gasteiger charge is -2.22. The van der Waals surface area contributed by atoms with Crippen LogP contribution in [0.1, 0.15) is 42.5 Å². The van der Waals surface area contributed by atoms with Gasteiger partial charge < -0.3 is 14.5 Å². The normalized spacial score (nSPS) is 14.2. The fraction of sp³-hybridized carbons (Fsp3) is 0.333. The SMILES string of the molecule is Cn1c(-c2ccccc2)cnc1NC(=O)c1ccc(=O)n(CC(=O)NC2CCCCC2)c1. The van der Waals surface area contributed by atoms with Crippen molar-refractivity contribution in [1.29, 1.82) is 0 Å². The number of pyridine rings is 1. The number of hydrogen-bond acceptors (Lipinski definition) is 4. The molecule has 32 heavy (non-hydrogen) atoms. The summed E-state index contributed by atoms with van der Waals surface area (Å²) < 4.78 is 3.06. The largest absolute Gasteiger partial charge is 0.352 e. The van der Waals surface area contributed by atoms with E-state index in [4.69, 9.17) is 0 Å². The van der Waals surface area contributed by atoms with Crippen molar-refractivity contribution in [3.63, 3.8) is 0 Å². The maximum atomic E-state index is 12.8. The second-order valence-corrected chi connectivity index (χ2v) is 8.13. The highest BCUT2D eigenvalue weighted by Gasteiger charge is 2.17. The number of anilines is 1. The van der Waals surface area contributed by atoms with Crippen molar-refractivity contribution in [2.45, 2.75) is 44.7 Å². The van der Waals surface area contributed by atoms with Crippen LogP contribution in [0.2, 0.25) is 0 Å². The Morgan fingerprint density at radius 3 is 2.56 bits per heavy atom. The fourth-order valence-electron chi connectivity index (χ4n) is 4.04. The van der Waals surface area contributed by atoms with Crippen LogP contribution in [0.4, 0.5) is 5.95 Å². The average molecular weight is 434 g/mol. The van der Waals surface area contributed by atoms with Crippen LogP contribution in [0, 0.1) is 0 Å². The molecule has 2 aromatic heterocycles. The standard InChI is InChI=1S/C24H27N5O3/c1-28-20(17-8-4-2-5-9-17)14-25-24(28)27-23(32)18-12-13-22(31)29(15-18)16-21(30)26-19-10-6-3-7-11-19/h2,4-5,8-9,12-15,19H,3,6-7,10-11,16H2,1H3,(H,26,30)(H,25,27,32). The zero-order valence-corrected chi connectivity index (χ0v) is 18.1. The first-order valence-corrected chi connectivity index (χ1v) is 10.9. The summed E-state index contributed by atoms with van der Waals surface area (Å²) >= 11 is 0. The van der Waals surface area contributed by atoms with Crippen molar-refractivity contribution in [3.05, 3.63) is 70.8 Å². The smallest absolute Gasteiger partial charge is 0.259 e. The van der Waals surface area contributed by atoms with Crippen molar-refractivity contribution in [1.82, 2.24) is 19.4 Å². The first-order chi connectivity index (χ1) is 15.5. The molecule has 2 amide bonds. The van der Waals surface area contributed by atoms with Crippen LogP contribution in [0.25, 0.3) is 11.3 Å². The molecular formula is C24H27N5O3. The number of nitrogens with zero attached hydrogens (tertiary/aromatic N) is 3. The molecule has 2 heterocycles. The van der Waals surface area contributed by atoms with Gasteiger partial charge in [0.2, 0.25) is 11.9 Å². The number of amides is 2. The molecule has 1 aliphatic carbocycles. The molecule has 1 saturated carbocycles. The highest BCUT2D eigenvalue weighted by Crippen LogP contribution is 2.21. The molecule has 3 aromatic rings. The topological polar surface area (TPSA) is 98.0 Å². The lowest BCUT2D eigenvalue weighted by Crippen LogP contribution is -2.39. The zero-order valence-electron chi connectivity index (χ0n) is 18.1. The van der Waals surface area contributed by atoms with Gasteiger partial charge in [-0.2, -0.15) is 0 Å². The molecular weight excluding hydrogens is 406 g/mol. The van der Waals surface area contributed by atoms with E-state index in [-0.39, 0.29) is 29.6 Å². The van der Waals surface area contributed by atoms with Crippen LogP contribution in [-0.2, 0) is 18.4 Å². The second kappa shape index (κ2) is 9.64. The van der Waals surface area contributed by atoms with E-state index in [1.165, 1.54) is 29.3 Å². The van der Waals surface area contributed by atoms with Crippen LogP contribution in [-0.4, -0.2) is 32.0 Å². The molecule has 0 unspecified atom stereocenters. The number of carbonyl (C=O) groups excluding carboxylic acids is 2. The van der Waals surface area contributed by atoms with E-state index >= 15 is 0 Å². The van der Waals surface area contributed by atoms with E-state index in [0.717, 1.165) is 36.9 Å². The summed E-state index contributed by atoms with van der Waals surface area (Å²) in [5.74, 6) is -0.227. The third-order valence-corrected chi connectivity index (χ3v) is 5.81. The number of rotatable bonds is 6. The molecule has 1 aromatic carbocycles. The summed E-state index contributed by atoms with van der Waals surface area (Å²) in [6.07, 6.45) is 8.47. The molecule has 0 spiro atoms. The molecule has 8 heteroatoms. The predicted molar refractivity (Wildman–Crippen MR) is 122 cm³/mol. The van der Waals surface area contributed by atoms with E-state index in [0.29, 0.717) is 5.95 Å². The lowest BCUT2D eigenvalue weighted by molar-refractivity contribution is -0.122. The first kappa shape index (κ1) is 21.5. The van der Waals surface area contributed by atoms with Crippen LogP contribution in [0.5, 0.6) is 0 Å². The molecule has 2 N–H and O–H groups in total. The van der Waals surface area contributed by atoms with Crippen LogP contribution < -0.4 is 16.2 Å². The van der Waals surface area contributed by atoms with E-state index in [2.05, 4.69) is 15.6 Å². The van der Waals surface area contributed by atoms with E-state index in [1.807, 2.05) is 37.4 Å². The molecule has 0 bridgehead atoms. The molecule has 1 aliphatic rings. The van der Waals surface area contributed by atoms with E-state index in [1.54, 1.807) is 10.8 Å². The predicted octanol–water partition coefficient (Wildman–Crippen LogP) is 2.95. The minimum atomic E-state index is -0.403. The quantitative estimate of drug-likeness (QED) is 0.624. The number of nitrogens with one attached hydrogen (secondary N) is 2. The van der Waals surface area contributed by atoms with Crippen LogP contribution >= 0.6 is 0 Å². The number of hydrogen-bond donors (Lipinski definition) is 2. The number of carbonyl (C=O) groups is 2. The van der Waals surface area contributed by atoms with Gasteiger partial charge in [-0.25, -0.2) is 4.98 Å². The summed E-state index contributed by atoms with van der Waals surface area (Å²) in [5.41, 5.74) is 1.80. The minimum Gasteiger partial charge on any atom is -0.352 e. The molecule has 166 valence electrons. The van der Waals surface area contributed by atoms with Gasteiger partial charge in [-0.05, 0) is 24.5 Å². The molecule has 4 rings (SSSR count). The van der Waals surface area contributed by atoms with Gasteiger partial charge in [0.15, 0.2) is 0 Å². The van der Waals surface area contributed by atoms with Gasteiger partial charge in [-0.15, -0.1) is 0 Å². The summed E-state index contributed by atoms with van der Waals surface area (Å²) in [6.45, 7) is -0.114. The molecule has 0 aliphatic heterocycles. The summed E-state index contributed by atoms with van der Waals surface area (Å²) in [5, 5.41) is 5.78.